The SMILES string of the molecule is CCCNC(=O)N1[C@@H](CO)[C@@H](c2ccccc2)[C@@H]1CNC(=O)c1ccc(F)cc1. The van der Waals surface area contributed by atoms with Gasteiger partial charge in [0.2, 0.25) is 0 Å². The summed E-state index contributed by atoms with van der Waals surface area (Å²) in [6.45, 7) is 2.57. The Morgan fingerprint density at radius 1 is 1.03 bits per heavy atom. The summed E-state index contributed by atoms with van der Waals surface area (Å²) in [5.41, 5.74) is 1.36. The van der Waals surface area contributed by atoms with Crippen LogP contribution in [0.4, 0.5) is 9.18 Å². The van der Waals surface area contributed by atoms with E-state index < -0.39 is 5.82 Å². The van der Waals surface area contributed by atoms with Crippen LogP contribution in [0.1, 0.15) is 35.2 Å². The number of benzene rings is 2. The van der Waals surface area contributed by atoms with Gasteiger partial charge in [0.1, 0.15) is 5.82 Å². The highest BCUT2D eigenvalue weighted by Gasteiger charge is 2.51. The van der Waals surface area contributed by atoms with Gasteiger partial charge >= 0.3 is 6.03 Å². The largest absolute Gasteiger partial charge is 0.394 e. The van der Waals surface area contributed by atoms with Gasteiger partial charge in [-0.2, -0.15) is 0 Å². The number of aliphatic hydroxyl groups is 1. The van der Waals surface area contributed by atoms with Crippen molar-refractivity contribution in [1.82, 2.24) is 15.5 Å². The molecule has 0 unspecified atom stereocenters. The molecule has 6 nitrogen and oxygen atoms in total. The summed E-state index contributed by atoms with van der Waals surface area (Å²) in [7, 11) is 0. The average molecular weight is 399 g/mol. The van der Waals surface area contributed by atoms with Crippen molar-refractivity contribution < 1.29 is 19.1 Å². The van der Waals surface area contributed by atoms with E-state index in [0.29, 0.717) is 12.1 Å². The molecule has 1 aliphatic heterocycles. The average Bonchev–Trinajstić information content (AvgIpc) is 2.72. The highest BCUT2D eigenvalue weighted by molar-refractivity contribution is 5.94. The lowest BCUT2D eigenvalue weighted by atomic mass is 9.75. The van der Waals surface area contributed by atoms with E-state index in [0.717, 1.165) is 12.0 Å². The number of urea groups is 1. The van der Waals surface area contributed by atoms with Gasteiger partial charge in [-0.25, -0.2) is 9.18 Å². The molecule has 0 aromatic heterocycles. The fourth-order valence-corrected chi connectivity index (χ4v) is 3.82. The van der Waals surface area contributed by atoms with Gasteiger partial charge in [-0.15, -0.1) is 0 Å². The Morgan fingerprint density at radius 2 is 1.72 bits per heavy atom. The maximum absolute atomic E-state index is 13.1. The van der Waals surface area contributed by atoms with Crippen molar-refractivity contribution in [3.05, 3.63) is 71.5 Å². The Balaban J connectivity index is 1.76. The molecule has 3 amide bonds. The van der Waals surface area contributed by atoms with Gasteiger partial charge < -0.3 is 20.6 Å². The van der Waals surface area contributed by atoms with Crippen LogP contribution in [0.5, 0.6) is 0 Å². The lowest BCUT2D eigenvalue weighted by Crippen LogP contribution is -2.70. The number of hydrogen-bond acceptors (Lipinski definition) is 3. The topological polar surface area (TPSA) is 81.7 Å². The van der Waals surface area contributed by atoms with Crippen LogP contribution in [0.25, 0.3) is 0 Å². The molecule has 1 fully saturated rings. The first-order valence-electron chi connectivity index (χ1n) is 9.82. The Hall–Kier alpha value is -2.93. The van der Waals surface area contributed by atoms with Gasteiger partial charge in [0, 0.05) is 24.6 Å². The van der Waals surface area contributed by atoms with E-state index in [2.05, 4.69) is 10.6 Å². The van der Waals surface area contributed by atoms with Crippen molar-refractivity contribution >= 4 is 11.9 Å². The molecule has 3 atom stereocenters. The predicted molar refractivity (Wildman–Crippen MR) is 108 cm³/mol. The molecule has 154 valence electrons. The summed E-state index contributed by atoms with van der Waals surface area (Å²) in [5, 5.41) is 15.6. The lowest BCUT2D eigenvalue weighted by molar-refractivity contribution is -0.00687. The van der Waals surface area contributed by atoms with Gasteiger partial charge in [0.15, 0.2) is 0 Å². The number of aliphatic hydroxyl groups excluding tert-OH is 1. The molecular formula is C22H26FN3O3. The summed E-state index contributed by atoms with van der Waals surface area (Å²) in [6, 6.07) is 14.1. The third kappa shape index (κ3) is 4.56. The second kappa shape index (κ2) is 9.52. The number of amides is 3. The van der Waals surface area contributed by atoms with E-state index in [9.17, 15) is 19.1 Å². The molecule has 0 bridgehead atoms. The molecular weight excluding hydrogens is 373 g/mol. The minimum absolute atomic E-state index is 0.0953. The van der Waals surface area contributed by atoms with Gasteiger partial charge in [-0.1, -0.05) is 37.3 Å². The van der Waals surface area contributed by atoms with E-state index >= 15 is 0 Å². The van der Waals surface area contributed by atoms with Crippen LogP contribution < -0.4 is 10.6 Å². The zero-order valence-electron chi connectivity index (χ0n) is 16.3. The number of likely N-dealkylation sites (tertiary alicyclic amines) is 1. The third-order valence-electron chi connectivity index (χ3n) is 5.25. The van der Waals surface area contributed by atoms with Crippen LogP contribution in [-0.4, -0.2) is 53.7 Å². The molecule has 0 aliphatic carbocycles. The summed E-state index contributed by atoms with van der Waals surface area (Å²) >= 11 is 0. The van der Waals surface area contributed by atoms with Gasteiger partial charge in [-0.3, -0.25) is 4.79 Å². The quantitative estimate of drug-likeness (QED) is 0.669. The number of nitrogens with zero attached hydrogens (tertiary/aromatic N) is 1. The maximum atomic E-state index is 13.1. The molecule has 3 rings (SSSR count). The molecule has 1 aliphatic rings. The van der Waals surface area contributed by atoms with Crippen LogP contribution in [-0.2, 0) is 0 Å². The molecule has 1 heterocycles. The smallest absolute Gasteiger partial charge is 0.318 e. The molecule has 2 aromatic carbocycles. The standard InChI is InChI=1S/C22H26FN3O3/c1-2-12-24-22(29)26-18(13-25-21(28)16-8-10-17(23)11-9-16)20(19(26)14-27)15-6-4-3-5-7-15/h3-11,18-20,27H,2,12-14H2,1H3,(H,24,29)(H,25,28)/t18-,19-,20-/m0/s1. The first-order valence-corrected chi connectivity index (χ1v) is 9.82. The van der Waals surface area contributed by atoms with Crippen molar-refractivity contribution in [2.45, 2.75) is 31.3 Å². The lowest BCUT2D eigenvalue weighted by Gasteiger charge is -2.54. The minimum atomic E-state index is -0.408. The summed E-state index contributed by atoms with van der Waals surface area (Å²) < 4.78 is 13.1. The van der Waals surface area contributed by atoms with Crippen LogP contribution >= 0.6 is 0 Å². The molecule has 1 saturated heterocycles. The van der Waals surface area contributed by atoms with Crippen LogP contribution in [0.2, 0.25) is 0 Å². The number of rotatable bonds is 7. The normalized spacial score (nSPS) is 20.7. The third-order valence-corrected chi connectivity index (χ3v) is 5.25. The van der Waals surface area contributed by atoms with Gasteiger partial charge in [-0.05, 0) is 36.2 Å². The van der Waals surface area contributed by atoms with Crippen molar-refractivity contribution in [2.75, 3.05) is 19.7 Å². The monoisotopic (exact) mass is 399 g/mol. The molecule has 0 saturated carbocycles. The Bertz CT molecular complexity index is 829. The zero-order chi connectivity index (χ0) is 20.8. The van der Waals surface area contributed by atoms with E-state index in [4.69, 9.17) is 0 Å². The highest BCUT2D eigenvalue weighted by Crippen LogP contribution is 2.40. The first kappa shape index (κ1) is 20.8. The zero-order valence-corrected chi connectivity index (χ0v) is 16.3. The van der Waals surface area contributed by atoms with E-state index in [1.807, 2.05) is 37.3 Å². The van der Waals surface area contributed by atoms with Crippen molar-refractivity contribution in [2.24, 2.45) is 0 Å². The number of carbonyl (C=O) groups is 2. The van der Waals surface area contributed by atoms with Gasteiger partial charge in [0.25, 0.3) is 5.91 Å². The van der Waals surface area contributed by atoms with E-state index in [1.165, 1.54) is 24.3 Å². The summed E-state index contributed by atoms with van der Waals surface area (Å²) in [5.74, 6) is -0.838. The van der Waals surface area contributed by atoms with Crippen molar-refractivity contribution in [3.8, 4) is 0 Å². The maximum Gasteiger partial charge on any atom is 0.318 e. The predicted octanol–water partition coefficient (Wildman–Crippen LogP) is 2.50. The number of halogens is 1. The second-order valence-electron chi connectivity index (χ2n) is 7.11. The molecule has 29 heavy (non-hydrogen) atoms. The number of hydrogen-bond donors (Lipinski definition) is 3. The Morgan fingerprint density at radius 3 is 2.34 bits per heavy atom. The van der Waals surface area contributed by atoms with Crippen LogP contribution in [0, 0.1) is 5.82 Å². The minimum Gasteiger partial charge on any atom is -0.394 e. The van der Waals surface area contributed by atoms with Crippen LogP contribution in [0.3, 0.4) is 0 Å². The molecule has 7 heteroatoms. The van der Waals surface area contributed by atoms with E-state index in [1.54, 1.807) is 4.90 Å². The van der Waals surface area contributed by atoms with Crippen molar-refractivity contribution in [3.63, 3.8) is 0 Å². The first-order chi connectivity index (χ1) is 14.1. The molecule has 2 aromatic rings. The Kier molecular flexibility index (Phi) is 6.82. The van der Waals surface area contributed by atoms with Gasteiger partial charge in [0.05, 0.1) is 18.7 Å². The number of carbonyl (C=O) groups excluding carboxylic acids is 2. The second-order valence-corrected chi connectivity index (χ2v) is 7.11. The fraction of sp³-hybridized carbons (Fsp3) is 0.364. The Labute approximate surface area is 169 Å². The van der Waals surface area contributed by atoms with Crippen LogP contribution in [0.15, 0.2) is 54.6 Å². The summed E-state index contributed by atoms with van der Waals surface area (Å²) in [6.07, 6.45) is 0.803. The van der Waals surface area contributed by atoms with E-state index in [-0.39, 0.29) is 43.1 Å². The fourth-order valence-electron chi connectivity index (χ4n) is 3.82. The molecule has 0 radical (unpaired) electrons. The summed E-state index contributed by atoms with van der Waals surface area (Å²) in [4.78, 5) is 26.7. The number of nitrogens with one attached hydrogen (secondary N) is 2. The molecule has 3 N–H and O–H groups in total. The highest BCUT2D eigenvalue weighted by atomic mass is 19.1. The van der Waals surface area contributed by atoms with Crippen molar-refractivity contribution in [1.29, 1.82) is 0 Å². The molecule has 0 spiro atoms.